The Balaban J connectivity index is 1.94. The molecular formula is C21H29F3N2O2. The Morgan fingerprint density at radius 2 is 1.71 bits per heavy atom. The molecule has 1 aromatic rings. The number of rotatable bonds is 4. The van der Waals surface area contributed by atoms with E-state index in [-0.39, 0.29) is 18.3 Å². The first-order valence-electron chi connectivity index (χ1n) is 9.56. The van der Waals surface area contributed by atoms with Crippen molar-refractivity contribution in [3.05, 3.63) is 34.4 Å². The number of nitrogens with one attached hydrogen (secondary N) is 2. The van der Waals surface area contributed by atoms with Crippen LogP contribution in [0.4, 0.5) is 13.2 Å². The lowest BCUT2D eigenvalue weighted by molar-refractivity contribution is -0.171. The maximum atomic E-state index is 12.7. The van der Waals surface area contributed by atoms with Gasteiger partial charge in [0.1, 0.15) is 12.0 Å². The monoisotopic (exact) mass is 398 g/mol. The van der Waals surface area contributed by atoms with E-state index in [2.05, 4.69) is 38.2 Å². The number of hydrogen-bond acceptors (Lipinski definition) is 2. The largest absolute Gasteiger partial charge is 0.408 e. The van der Waals surface area contributed by atoms with E-state index in [9.17, 15) is 22.8 Å². The van der Waals surface area contributed by atoms with Crippen LogP contribution < -0.4 is 10.6 Å². The van der Waals surface area contributed by atoms with Crippen LogP contribution in [-0.2, 0) is 21.4 Å². The SMILES string of the molecule is Cc1cc(C(C)(C)C)cc(C)c1CCNC(=O)[C@H]1CC[C@@H](C(F)(F)F)NC1=O. The molecule has 0 saturated carbocycles. The third kappa shape index (κ3) is 5.26. The van der Waals surface area contributed by atoms with E-state index in [1.807, 2.05) is 19.2 Å². The van der Waals surface area contributed by atoms with Gasteiger partial charge in [0.2, 0.25) is 11.8 Å². The molecule has 0 aliphatic carbocycles. The number of piperidine rings is 1. The van der Waals surface area contributed by atoms with E-state index >= 15 is 0 Å². The van der Waals surface area contributed by atoms with Crippen LogP contribution in [-0.4, -0.2) is 30.6 Å². The minimum atomic E-state index is -4.48. The lowest BCUT2D eigenvalue weighted by Gasteiger charge is -2.29. The zero-order chi connectivity index (χ0) is 21.3. The number of amides is 2. The van der Waals surface area contributed by atoms with Gasteiger partial charge < -0.3 is 10.6 Å². The first kappa shape index (κ1) is 22.2. The summed E-state index contributed by atoms with van der Waals surface area (Å²) in [5, 5.41) is 4.61. The summed E-state index contributed by atoms with van der Waals surface area (Å²) in [5.41, 5.74) is 4.71. The van der Waals surface area contributed by atoms with E-state index in [4.69, 9.17) is 0 Å². The molecule has 0 radical (unpaired) electrons. The predicted octanol–water partition coefficient (Wildman–Crippen LogP) is 3.72. The van der Waals surface area contributed by atoms with Gasteiger partial charge in [0, 0.05) is 6.54 Å². The van der Waals surface area contributed by atoms with E-state index in [0.717, 1.165) is 16.7 Å². The fourth-order valence-corrected chi connectivity index (χ4v) is 3.56. The summed E-state index contributed by atoms with van der Waals surface area (Å²) in [5.74, 6) is -2.43. The van der Waals surface area contributed by atoms with E-state index in [1.165, 1.54) is 5.56 Å². The molecule has 1 aromatic carbocycles. The van der Waals surface area contributed by atoms with Crippen LogP contribution >= 0.6 is 0 Å². The van der Waals surface area contributed by atoms with Crippen LogP contribution in [0.2, 0.25) is 0 Å². The molecule has 0 spiro atoms. The molecule has 2 atom stereocenters. The zero-order valence-corrected chi connectivity index (χ0v) is 17.1. The van der Waals surface area contributed by atoms with Gasteiger partial charge in [-0.3, -0.25) is 9.59 Å². The Labute approximate surface area is 164 Å². The molecule has 0 aromatic heterocycles. The molecule has 28 heavy (non-hydrogen) atoms. The molecule has 2 rings (SSSR count). The van der Waals surface area contributed by atoms with Crippen LogP contribution in [0.25, 0.3) is 0 Å². The molecule has 0 bridgehead atoms. The number of hydrogen-bond donors (Lipinski definition) is 2. The molecule has 2 N–H and O–H groups in total. The van der Waals surface area contributed by atoms with E-state index < -0.39 is 30.0 Å². The summed E-state index contributed by atoms with van der Waals surface area (Å²) in [6, 6.07) is 2.43. The predicted molar refractivity (Wildman–Crippen MR) is 102 cm³/mol. The number of benzene rings is 1. The topological polar surface area (TPSA) is 58.2 Å². The second kappa shape index (κ2) is 8.13. The smallest absolute Gasteiger partial charge is 0.355 e. The molecule has 1 heterocycles. The summed E-state index contributed by atoms with van der Waals surface area (Å²) in [4.78, 5) is 24.2. The van der Waals surface area contributed by atoms with Crippen molar-refractivity contribution in [1.82, 2.24) is 10.6 Å². The van der Waals surface area contributed by atoms with Crippen LogP contribution in [0.15, 0.2) is 12.1 Å². The van der Waals surface area contributed by atoms with Gasteiger partial charge in [0.25, 0.3) is 0 Å². The third-order valence-electron chi connectivity index (χ3n) is 5.32. The van der Waals surface area contributed by atoms with Crippen molar-refractivity contribution < 1.29 is 22.8 Å². The van der Waals surface area contributed by atoms with Gasteiger partial charge in [0.05, 0.1) is 0 Å². The Kier molecular flexibility index (Phi) is 6.46. The molecule has 1 saturated heterocycles. The van der Waals surface area contributed by atoms with E-state index in [0.29, 0.717) is 13.0 Å². The van der Waals surface area contributed by atoms with Crippen LogP contribution in [0, 0.1) is 19.8 Å². The normalized spacial score (nSPS) is 20.6. The molecule has 1 aliphatic heterocycles. The summed E-state index contributed by atoms with van der Waals surface area (Å²) in [6.45, 7) is 10.9. The number of aryl methyl sites for hydroxylation is 2. The highest BCUT2D eigenvalue weighted by Gasteiger charge is 2.45. The van der Waals surface area contributed by atoms with Crippen molar-refractivity contribution in [1.29, 1.82) is 0 Å². The van der Waals surface area contributed by atoms with Crippen LogP contribution in [0.3, 0.4) is 0 Å². The summed E-state index contributed by atoms with van der Waals surface area (Å²) >= 11 is 0. The van der Waals surface area contributed by atoms with Gasteiger partial charge in [0.15, 0.2) is 0 Å². The van der Waals surface area contributed by atoms with Crippen molar-refractivity contribution in [2.75, 3.05) is 6.54 Å². The molecule has 0 unspecified atom stereocenters. The highest BCUT2D eigenvalue weighted by atomic mass is 19.4. The molecule has 1 aliphatic rings. The van der Waals surface area contributed by atoms with E-state index in [1.54, 1.807) is 0 Å². The fraction of sp³-hybridized carbons (Fsp3) is 0.619. The maximum absolute atomic E-state index is 12.7. The molecule has 156 valence electrons. The van der Waals surface area contributed by atoms with Gasteiger partial charge in [-0.2, -0.15) is 13.2 Å². The van der Waals surface area contributed by atoms with Crippen LogP contribution in [0.1, 0.15) is 55.9 Å². The Morgan fingerprint density at radius 1 is 1.14 bits per heavy atom. The molecule has 1 fully saturated rings. The average Bonchev–Trinajstić information content (AvgIpc) is 2.55. The fourth-order valence-electron chi connectivity index (χ4n) is 3.56. The minimum Gasteiger partial charge on any atom is -0.355 e. The highest BCUT2D eigenvalue weighted by Crippen LogP contribution is 2.29. The second-order valence-corrected chi connectivity index (χ2v) is 8.61. The summed E-state index contributed by atoms with van der Waals surface area (Å²) in [6.07, 6.45) is -4.25. The van der Waals surface area contributed by atoms with Crippen molar-refractivity contribution in [2.45, 2.75) is 71.5 Å². The lowest BCUT2D eigenvalue weighted by Crippen LogP contribution is -2.54. The molecule has 2 amide bonds. The van der Waals surface area contributed by atoms with Gasteiger partial charge >= 0.3 is 6.18 Å². The summed E-state index contributed by atoms with van der Waals surface area (Å²) < 4.78 is 38.1. The van der Waals surface area contributed by atoms with Gasteiger partial charge in [-0.05, 0) is 60.8 Å². The van der Waals surface area contributed by atoms with Gasteiger partial charge in [-0.25, -0.2) is 0 Å². The second-order valence-electron chi connectivity index (χ2n) is 8.61. The van der Waals surface area contributed by atoms with Crippen LogP contribution in [0.5, 0.6) is 0 Å². The lowest BCUT2D eigenvalue weighted by atomic mass is 9.83. The Hall–Kier alpha value is -2.05. The Morgan fingerprint density at radius 3 is 2.18 bits per heavy atom. The maximum Gasteiger partial charge on any atom is 0.408 e. The summed E-state index contributed by atoms with van der Waals surface area (Å²) in [7, 11) is 0. The standard InChI is InChI=1S/C21H29F3N2O2/c1-12-10-14(20(3,4)5)11-13(2)15(12)8-9-25-18(27)16-6-7-17(21(22,23)24)26-19(16)28/h10-11,16-17H,6-9H2,1-5H3,(H,25,27)(H,26,28)/t16-,17+/m1/s1. The molecule has 7 heteroatoms. The highest BCUT2D eigenvalue weighted by molar-refractivity contribution is 6.00. The number of halogens is 3. The number of carbonyl (C=O) groups is 2. The van der Waals surface area contributed by atoms with Gasteiger partial charge in [-0.15, -0.1) is 0 Å². The zero-order valence-electron chi connectivity index (χ0n) is 17.1. The van der Waals surface area contributed by atoms with Gasteiger partial charge in [-0.1, -0.05) is 32.9 Å². The number of alkyl halides is 3. The Bertz CT molecular complexity index is 728. The average molecular weight is 398 g/mol. The number of carbonyl (C=O) groups excluding carboxylic acids is 2. The molecular weight excluding hydrogens is 369 g/mol. The first-order valence-corrected chi connectivity index (χ1v) is 9.56. The van der Waals surface area contributed by atoms with Crippen molar-refractivity contribution in [3.8, 4) is 0 Å². The first-order chi connectivity index (χ1) is 12.8. The van der Waals surface area contributed by atoms with Crippen molar-refractivity contribution >= 4 is 11.8 Å². The third-order valence-corrected chi connectivity index (χ3v) is 5.32. The quantitative estimate of drug-likeness (QED) is 0.760. The molecule has 4 nitrogen and oxygen atoms in total. The van der Waals surface area contributed by atoms with Crippen molar-refractivity contribution in [2.24, 2.45) is 5.92 Å². The van der Waals surface area contributed by atoms with Crippen molar-refractivity contribution in [3.63, 3.8) is 0 Å². The minimum absolute atomic E-state index is 0.0465.